The molecule has 0 aliphatic heterocycles. The zero-order valence-corrected chi connectivity index (χ0v) is 12.5. The van der Waals surface area contributed by atoms with Gasteiger partial charge in [0.25, 0.3) is 5.91 Å². The van der Waals surface area contributed by atoms with Crippen LogP contribution < -0.4 is 5.32 Å². The van der Waals surface area contributed by atoms with Gasteiger partial charge in [-0.05, 0) is 41.8 Å². The molecule has 114 valence electrons. The summed E-state index contributed by atoms with van der Waals surface area (Å²) < 4.78 is 13.2. The maximum Gasteiger partial charge on any atom is 0.255 e. The Kier molecular flexibility index (Phi) is 4.48. The quantitative estimate of drug-likeness (QED) is 0.745. The van der Waals surface area contributed by atoms with Gasteiger partial charge >= 0.3 is 0 Å². The fraction of sp³-hybridized carbons (Fsp3) is 0.0500. The van der Waals surface area contributed by atoms with E-state index < -0.39 is 0 Å². The average Bonchev–Trinajstić information content (AvgIpc) is 2.56. The number of carbonyl (C=O) groups excluding carboxylic acids is 1. The van der Waals surface area contributed by atoms with E-state index in [1.54, 1.807) is 18.2 Å². The predicted molar refractivity (Wildman–Crippen MR) is 90.0 cm³/mol. The Bertz CT molecular complexity index is 815. The largest absolute Gasteiger partial charge is 0.322 e. The Morgan fingerprint density at radius 3 is 2.39 bits per heavy atom. The van der Waals surface area contributed by atoms with Crippen molar-refractivity contribution in [1.29, 1.82) is 0 Å². The Morgan fingerprint density at radius 1 is 0.870 bits per heavy atom. The lowest BCUT2D eigenvalue weighted by atomic mass is 9.99. The van der Waals surface area contributed by atoms with Crippen molar-refractivity contribution in [3.8, 4) is 0 Å². The topological polar surface area (TPSA) is 29.1 Å². The van der Waals surface area contributed by atoms with Crippen LogP contribution in [0.4, 0.5) is 10.1 Å². The van der Waals surface area contributed by atoms with E-state index in [1.165, 1.54) is 12.1 Å². The number of hydrogen-bond donors (Lipinski definition) is 1. The Hall–Kier alpha value is -2.94. The molecule has 0 saturated carbocycles. The van der Waals surface area contributed by atoms with Crippen LogP contribution in [0.15, 0.2) is 78.9 Å². The number of rotatable bonds is 4. The predicted octanol–water partition coefficient (Wildman–Crippen LogP) is 4.67. The molecule has 3 heteroatoms. The van der Waals surface area contributed by atoms with Gasteiger partial charge in [0.05, 0.1) is 0 Å². The Labute approximate surface area is 134 Å². The second kappa shape index (κ2) is 6.88. The minimum atomic E-state index is -0.375. The number of halogens is 1. The van der Waals surface area contributed by atoms with Gasteiger partial charge in [0, 0.05) is 11.3 Å². The number of carbonyl (C=O) groups is 1. The molecule has 1 N–H and O–H groups in total. The van der Waals surface area contributed by atoms with Crippen LogP contribution >= 0.6 is 0 Å². The molecule has 0 bridgehead atoms. The van der Waals surface area contributed by atoms with Gasteiger partial charge < -0.3 is 5.32 Å². The highest BCUT2D eigenvalue weighted by atomic mass is 19.1. The van der Waals surface area contributed by atoms with Crippen molar-refractivity contribution in [3.63, 3.8) is 0 Å². The fourth-order valence-corrected chi connectivity index (χ4v) is 2.48. The SMILES string of the molecule is O=C(Nc1cccc(F)c1)c1ccccc1Cc1ccccc1. The average molecular weight is 305 g/mol. The van der Waals surface area contributed by atoms with Gasteiger partial charge in [-0.15, -0.1) is 0 Å². The van der Waals surface area contributed by atoms with E-state index in [4.69, 9.17) is 0 Å². The number of anilines is 1. The van der Waals surface area contributed by atoms with Gasteiger partial charge in [-0.2, -0.15) is 0 Å². The van der Waals surface area contributed by atoms with E-state index in [-0.39, 0.29) is 11.7 Å². The van der Waals surface area contributed by atoms with Crippen molar-refractivity contribution in [2.24, 2.45) is 0 Å². The van der Waals surface area contributed by atoms with Crippen LogP contribution in [-0.2, 0) is 6.42 Å². The van der Waals surface area contributed by atoms with E-state index >= 15 is 0 Å². The first-order valence-corrected chi connectivity index (χ1v) is 7.41. The molecular weight excluding hydrogens is 289 g/mol. The van der Waals surface area contributed by atoms with Crippen LogP contribution in [0, 0.1) is 5.82 Å². The van der Waals surface area contributed by atoms with Crippen molar-refractivity contribution < 1.29 is 9.18 Å². The third-order valence-corrected chi connectivity index (χ3v) is 3.58. The molecule has 0 aliphatic carbocycles. The number of amides is 1. The summed E-state index contributed by atoms with van der Waals surface area (Å²) in [5, 5.41) is 2.75. The Morgan fingerprint density at radius 2 is 1.61 bits per heavy atom. The molecule has 1 amide bonds. The summed E-state index contributed by atoms with van der Waals surface area (Å²) in [5.41, 5.74) is 3.12. The molecular formula is C20H16FNO. The first-order chi connectivity index (χ1) is 11.2. The van der Waals surface area contributed by atoms with Crippen LogP contribution in [0.3, 0.4) is 0 Å². The molecule has 0 saturated heterocycles. The summed E-state index contributed by atoms with van der Waals surface area (Å²) in [6, 6.07) is 23.3. The first-order valence-electron chi connectivity index (χ1n) is 7.41. The van der Waals surface area contributed by atoms with E-state index in [1.807, 2.05) is 48.5 Å². The Balaban J connectivity index is 1.83. The van der Waals surface area contributed by atoms with Gasteiger partial charge in [0.15, 0.2) is 0 Å². The lowest BCUT2D eigenvalue weighted by molar-refractivity contribution is 0.102. The van der Waals surface area contributed by atoms with E-state index in [0.717, 1.165) is 11.1 Å². The monoisotopic (exact) mass is 305 g/mol. The molecule has 0 atom stereocenters. The van der Waals surface area contributed by atoms with Crippen LogP contribution in [0.2, 0.25) is 0 Å². The van der Waals surface area contributed by atoms with E-state index in [0.29, 0.717) is 17.7 Å². The van der Waals surface area contributed by atoms with Gasteiger partial charge in [0.2, 0.25) is 0 Å². The standard InChI is InChI=1S/C20H16FNO/c21-17-10-6-11-18(14-17)22-20(23)19-12-5-4-9-16(19)13-15-7-2-1-3-8-15/h1-12,14H,13H2,(H,22,23). The van der Waals surface area contributed by atoms with E-state index in [2.05, 4.69) is 5.32 Å². The number of hydrogen-bond acceptors (Lipinski definition) is 1. The van der Waals surface area contributed by atoms with E-state index in [9.17, 15) is 9.18 Å². The van der Waals surface area contributed by atoms with Gasteiger partial charge in [-0.1, -0.05) is 54.6 Å². The summed E-state index contributed by atoms with van der Waals surface area (Å²) in [6.07, 6.45) is 0.674. The molecule has 0 aliphatic rings. The molecule has 0 spiro atoms. The van der Waals surface area contributed by atoms with Gasteiger partial charge in [-0.25, -0.2) is 4.39 Å². The maximum absolute atomic E-state index is 13.2. The minimum absolute atomic E-state index is 0.234. The zero-order valence-electron chi connectivity index (χ0n) is 12.5. The highest BCUT2D eigenvalue weighted by Gasteiger charge is 2.11. The molecule has 0 radical (unpaired) electrons. The van der Waals surface area contributed by atoms with Crippen LogP contribution in [0.5, 0.6) is 0 Å². The second-order valence-corrected chi connectivity index (χ2v) is 5.28. The molecule has 0 unspecified atom stereocenters. The molecule has 2 nitrogen and oxygen atoms in total. The third-order valence-electron chi connectivity index (χ3n) is 3.58. The molecule has 0 fully saturated rings. The smallest absolute Gasteiger partial charge is 0.255 e. The molecule has 23 heavy (non-hydrogen) atoms. The molecule has 3 rings (SSSR count). The summed E-state index contributed by atoms with van der Waals surface area (Å²) in [4.78, 5) is 12.5. The highest BCUT2D eigenvalue weighted by molar-refractivity contribution is 6.05. The summed E-state index contributed by atoms with van der Waals surface area (Å²) >= 11 is 0. The minimum Gasteiger partial charge on any atom is -0.322 e. The van der Waals surface area contributed by atoms with Crippen LogP contribution in [0.1, 0.15) is 21.5 Å². The van der Waals surface area contributed by atoms with Crippen molar-refractivity contribution >= 4 is 11.6 Å². The van der Waals surface area contributed by atoms with Crippen molar-refractivity contribution in [3.05, 3.63) is 101 Å². The fourth-order valence-electron chi connectivity index (χ4n) is 2.48. The number of benzene rings is 3. The van der Waals surface area contributed by atoms with Gasteiger partial charge in [-0.3, -0.25) is 4.79 Å². The van der Waals surface area contributed by atoms with Crippen LogP contribution in [0.25, 0.3) is 0 Å². The molecule has 3 aromatic carbocycles. The molecule has 0 aromatic heterocycles. The van der Waals surface area contributed by atoms with Crippen molar-refractivity contribution in [1.82, 2.24) is 0 Å². The maximum atomic E-state index is 13.2. The van der Waals surface area contributed by atoms with Crippen molar-refractivity contribution in [2.45, 2.75) is 6.42 Å². The summed E-state index contributed by atoms with van der Waals surface area (Å²) in [6.45, 7) is 0. The first kappa shape index (κ1) is 15.0. The van der Waals surface area contributed by atoms with Crippen LogP contribution in [-0.4, -0.2) is 5.91 Å². The second-order valence-electron chi connectivity index (χ2n) is 5.28. The molecule has 0 heterocycles. The molecule has 3 aromatic rings. The van der Waals surface area contributed by atoms with Crippen molar-refractivity contribution in [2.75, 3.05) is 5.32 Å². The zero-order chi connectivity index (χ0) is 16.1. The normalized spacial score (nSPS) is 10.3. The van der Waals surface area contributed by atoms with Gasteiger partial charge in [0.1, 0.15) is 5.82 Å². The highest BCUT2D eigenvalue weighted by Crippen LogP contribution is 2.17. The third kappa shape index (κ3) is 3.83. The summed E-state index contributed by atoms with van der Waals surface area (Å²) in [7, 11) is 0. The summed E-state index contributed by atoms with van der Waals surface area (Å²) in [5.74, 6) is -0.609. The lowest BCUT2D eigenvalue weighted by Crippen LogP contribution is -2.14. The number of nitrogens with one attached hydrogen (secondary N) is 1. The lowest BCUT2D eigenvalue weighted by Gasteiger charge is -2.10.